The molecule has 0 saturated carbocycles. The number of unbranched alkanes of at least 4 members (excludes halogenated alkanes) is 2. The number of carbonyl (C=O) groups is 1. The van der Waals surface area contributed by atoms with Gasteiger partial charge in [0.1, 0.15) is 12.2 Å². The van der Waals surface area contributed by atoms with E-state index in [9.17, 15) is 24.2 Å². The highest BCUT2D eigenvalue weighted by molar-refractivity contribution is 5.83. The molecule has 25 heavy (non-hydrogen) atoms. The molecule has 4 atom stereocenters. The van der Waals surface area contributed by atoms with Gasteiger partial charge >= 0.3 is 11.8 Å². The standard InChI is InChI=1S/C15H22FN3O6/c1-3-4-5-6-24-15(23)18-12-9(16)7-19(14(22)17-12)13-11(21)10(20)8(2)25-13/h7-8,10-11,13,20-21H,3-6H2,1-2H3,(H,17,18,22,23)/t8-,10-,11?,13-/m1/s1. The molecule has 0 aliphatic carbocycles. The van der Waals surface area contributed by atoms with Gasteiger partial charge in [-0.2, -0.15) is 4.98 Å². The third-order valence-corrected chi connectivity index (χ3v) is 3.86. The van der Waals surface area contributed by atoms with Gasteiger partial charge in [-0.25, -0.2) is 14.0 Å². The van der Waals surface area contributed by atoms with Gasteiger partial charge in [0.2, 0.25) is 0 Å². The summed E-state index contributed by atoms with van der Waals surface area (Å²) in [5, 5.41) is 21.6. The number of aliphatic hydroxyl groups is 2. The summed E-state index contributed by atoms with van der Waals surface area (Å²) in [4.78, 5) is 27.0. The van der Waals surface area contributed by atoms with Crippen LogP contribution in [-0.2, 0) is 9.47 Å². The van der Waals surface area contributed by atoms with Gasteiger partial charge in [0.05, 0.1) is 18.9 Å². The molecule has 10 heteroatoms. The van der Waals surface area contributed by atoms with Crippen LogP contribution < -0.4 is 11.0 Å². The summed E-state index contributed by atoms with van der Waals surface area (Å²) >= 11 is 0. The van der Waals surface area contributed by atoms with Gasteiger partial charge in [-0.1, -0.05) is 19.8 Å². The van der Waals surface area contributed by atoms with Crippen LogP contribution in [0.15, 0.2) is 11.0 Å². The molecule has 1 unspecified atom stereocenters. The molecule has 0 aromatic carbocycles. The molecule has 1 aromatic heterocycles. The molecule has 1 saturated heterocycles. The Morgan fingerprint density at radius 2 is 2.16 bits per heavy atom. The van der Waals surface area contributed by atoms with Crippen molar-refractivity contribution in [2.45, 2.75) is 57.6 Å². The Morgan fingerprint density at radius 1 is 1.44 bits per heavy atom. The van der Waals surface area contributed by atoms with Crippen molar-refractivity contribution in [3.8, 4) is 0 Å². The molecular weight excluding hydrogens is 337 g/mol. The average molecular weight is 359 g/mol. The molecule has 0 bridgehead atoms. The highest BCUT2D eigenvalue weighted by Crippen LogP contribution is 2.28. The number of ether oxygens (including phenoxy) is 2. The summed E-state index contributed by atoms with van der Waals surface area (Å²) in [6, 6.07) is 0. The monoisotopic (exact) mass is 359 g/mol. The van der Waals surface area contributed by atoms with Crippen molar-refractivity contribution < 1.29 is 28.9 Å². The fourth-order valence-electron chi connectivity index (χ4n) is 2.42. The van der Waals surface area contributed by atoms with Crippen LogP contribution in [0.5, 0.6) is 0 Å². The van der Waals surface area contributed by atoms with E-state index in [4.69, 9.17) is 9.47 Å². The number of rotatable bonds is 6. The smallest absolute Gasteiger partial charge is 0.412 e. The number of carbonyl (C=O) groups excluding carboxylic acids is 1. The zero-order valence-electron chi connectivity index (χ0n) is 14.0. The second kappa shape index (κ2) is 8.37. The number of amides is 1. The Morgan fingerprint density at radius 3 is 2.76 bits per heavy atom. The molecule has 1 aromatic rings. The normalized spacial score (nSPS) is 25.8. The molecule has 1 aliphatic rings. The summed E-state index contributed by atoms with van der Waals surface area (Å²) in [6.07, 6.45) is -2.25. The lowest BCUT2D eigenvalue weighted by Crippen LogP contribution is -2.36. The molecule has 1 fully saturated rings. The minimum absolute atomic E-state index is 0.177. The molecule has 1 amide bonds. The Hall–Kier alpha value is -2.04. The molecular formula is C15H22FN3O6. The van der Waals surface area contributed by atoms with E-state index in [0.717, 1.165) is 23.6 Å². The Bertz CT molecular complexity index is 667. The first-order valence-electron chi connectivity index (χ1n) is 8.09. The second-order valence-corrected chi connectivity index (χ2v) is 5.81. The third kappa shape index (κ3) is 4.53. The van der Waals surface area contributed by atoms with Crippen molar-refractivity contribution >= 4 is 11.9 Å². The second-order valence-electron chi connectivity index (χ2n) is 5.81. The SMILES string of the molecule is CCCCCOC(=O)Nc1nc(=O)n([C@@H]2O[C@H](C)[C@@H](O)C2O)cc1F. The van der Waals surface area contributed by atoms with Gasteiger partial charge in [0, 0.05) is 0 Å². The Kier molecular flexibility index (Phi) is 6.45. The predicted octanol–water partition coefficient (Wildman–Crippen LogP) is 0.760. The lowest BCUT2D eigenvalue weighted by Gasteiger charge is -2.17. The van der Waals surface area contributed by atoms with Gasteiger partial charge in [0.15, 0.2) is 17.9 Å². The Balaban J connectivity index is 2.07. The van der Waals surface area contributed by atoms with Crippen molar-refractivity contribution in [1.82, 2.24) is 9.55 Å². The van der Waals surface area contributed by atoms with Gasteiger partial charge in [-0.05, 0) is 13.3 Å². The van der Waals surface area contributed by atoms with Gasteiger partial charge < -0.3 is 19.7 Å². The van der Waals surface area contributed by atoms with Crippen LogP contribution in [0.3, 0.4) is 0 Å². The number of nitrogens with one attached hydrogen (secondary N) is 1. The lowest BCUT2D eigenvalue weighted by atomic mass is 10.1. The van der Waals surface area contributed by atoms with E-state index in [-0.39, 0.29) is 6.61 Å². The highest BCUT2D eigenvalue weighted by atomic mass is 19.1. The first kappa shape index (κ1) is 19.3. The highest BCUT2D eigenvalue weighted by Gasteiger charge is 2.42. The molecule has 0 radical (unpaired) electrons. The minimum atomic E-state index is -1.41. The topological polar surface area (TPSA) is 123 Å². The van der Waals surface area contributed by atoms with Crippen LogP contribution in [0.25, 0.3) is 0 Å². The Labute approximate surface area is 143 Å². The summed E-state index contributed by atoms with van der Waals surface area (Å²) in [6.45, 7) is 3.68. The average Bonchev–Trinajstić information content (AvgIpc) is 2.82. The van der Waals surface area contributed by atoms with E-state index >= 15 is 0 Å². The maximum atomic E-state index is 14.1. The summed E-state index contributed by atoms with van der Waals surface area (Å²) in [7, 11) is 0. The van der Waals surface area contributed by atoms with E-state index in [0.29, 0.717) is 6.42 Å². The van der Waals surface area contributed by atoms with Crippen LogP contribution in [0.2, 0.25) is 0 Å². The number of halogens is 1. The molecule has 3 N–H and O–H groups in total. The van der Waals surface area contributed by atoms with E-state index in [2.05, 4.69) is 10.3 Å². The van der Waals surface area contributed by atoms with E-state index in [1.54, 1.807) is 0 Å². The van der Waals surface area contributed by atoms with Crippen LogP contribution in [-0.4, -0.2) is 50.8 Å². The van der Waals surface area contributed by atoms with Gasteiger partial charge in [-0.3, -0.25) is 9.88 Å². The lowest BCUT2D eigenvalue weighted by molar-refractivity contribution is -0.0355. The number of hydrogen-bond donors (Lipinski definition) is 3. The van der Waals surface area contributed by atoms with Crippen molar-refractivity contribution in [3.63, 3.8) is 0 Å². The molecule has 0 spiro atoms. The van der Waals surface area contributed by atoms with Crippen LogP contribution in [0, 0.1) is 5.82 Å². The van der Waals surface area contributed by atoms with Crippen LogP contribution in [0.4, 0.5) is 15.0 Å². The van der Waals surface area contributed by atoms with Crippen molar-refractivity contribution in [1.29, 1.82) is 0 Å². The van der Waals surface area contributed by atoms with Gasteiger partial charge in [0.25, 0.3) is 0 Å². The maximum Gasteiger partial charge on any atom is 0.412 e. The summed E-state index contributed by atoms with van der Waals surface area (Å²) in [5.74, 6) is -1.59. The van der Waals surface area contributed by atoms with E-state index in [1.807, 2.05) is 6.92 Å². The zero-order valence-corrected chi connectivity index (χ0v) is 14.0. The van der Waals surface area contributed by atoms with Crippen LogP contribution in [0.1, 0.15) is 39.3 Å². The van der Waals surface area contributed by atoms with Gasteiger partial charge in [-0.15, -0.1) is 0 Å². The van der Waals surface area contributed by atoms with E-state index in [1.165, 1.54) is 6.92 Å². The molecule has 9 nitrogen and oxygen atoms in total. The third-order valence-electron chi connectivity index (χ3n) is 3.86. The van der Waals surface area contributed by atoms with Crippen molar-refractivity contribution in [3.05, 3.63) is 22.5 Å². The number of anilines is 1. The van der Waals surface area contributed by atoms with Crippen LogP contribution >= 0.6 is 0 Å². The number of nitrogens with zero attached hydrogens (tertiary/aromatic N) is 2. The molecule has 1 aliphatic heterocycles. The molecule has 140 valence electrons. The fourth-order valence-corrected chi connectivity index (χ4v) is 2.42. The van der Waals surface area contributed by atoms with Crippen molar-refractivity contribution in [2.75, 3.05) is 11.9 Å². The largest absolute Gasteiger partial charge is 0.449 e. The maximum absolute atomic E-state index is 14.1. The van der Waals surface area contributed by atoms with Crippen molar-refractivity contribution in [2.24, 2.45) is 0 Å². The molecule has 2 heterocycles. The number of aromatic nitrogens is 2. The summed E-state index contributed by atoms with van der Waals surface area (Å²) < 4.78 is 24.9. The quantitative estimate of drug-likeness (QED) is 0.641. The number of aliphatic hydroxyl groups excluding tert-OH is 2. The fraction of sp³-hybridized carbons (Fsp3) is 0.667. The van der Waals surface area contributed by atoms with E-state index < -0.39 is 48.0 Å². The number of hydrogen-bond acceptors (Lipinski definition) is 7. The minimum Gasteiger partial charge on any atom is -0.449 e. The summed E-state index contributed by atoms with van der Waals surface area (Å²) in [5.41, 5.74) is -0.951. The molecule has 2 rings (SSSR count). The first-order valence-corrected chi connectivity index (χ1v) is 8.09. The predicted molar refractivity (Wildman–Crippen MR) is 84.5 cm³/mol. The first-order chi connectivity index (χ1) is 11.8. The zero-order chi connectivity index (χ0) is 18.6.